The molecule has 2 aliphatic rings. The van der Waals surface area contributed by atoms with Crippen LogP contribution < -0.4 is 0 Å². The standard InChI is InChI=1S/C19H23FN2O3/c1-2-25-17-10-16(23)19(17)5-7-22(8-6-19)18(24)14-11-21-15-4-3-12(20)9-13(14)15/h3-4,9,11,16-17,21,23H,2,5-8,10H2,1H3/t16-,17+/m0/s1. The lowest BCUT2D eigenvalue weighted by molar-refractivity contribution is -0.207. The molecule has 1 aromatic carbocycles. The molecule has 2 atom stereocenters. The molecule has 2 N–H and O–H groups in total. The van der Waals surface area contributed by atoms with E-state index in [0.29, 0.717) is 37.1 Å². The predicted molar refractivity (Wildman–Crippen MR) is 91.9 cm³/mol. The van der Waals surface area contributed by atoms with Crippen molar-refractivity contribution in [3.8, 4) is 0 Å². The van der Waals surface area contributed by atoms with Gasteiger partial charge in [-0.25, -0.2) is 4.39 Å². The number of ether oxygens (including phenoxy) is 1. The van der Waals surface area contributed by atoms with Gasteiger partial charge in [-0.05, 0) is 38.0 Å². The van der Waals surface area contributed by atoms with Gasteiger partial charge in [0.15, 0.2) is 0 Å². The number of H-pyrrole nitrogens is 1. The van der Waals surface area contributed by atoms with Crippen LogP contribution in [0.3, 0.4) is 0 Å². The van der Waals surface area contributed by atoms with E-state index in [9.17, 15) is 14.3 Å². The molecule has 5 nitrogen and oxygen atoms in total. The number of amides is 1. The number of benzene rings is 1. The Morgan fingerprint density at radius 2 is 2.20 bits per heavy atom. The van der Waals surface area contributed by atoms with Crippen molar-refractivity contribution in [1.82, 2.24) is 9.88 Å². The molecule has 4 rings (SSSR count). The lowest BCUT2D eigenvalue weighted by atomic mass is 9.58. The third-order valence-corrected chi connectivity index (χ3v) is 5.97. The topological polar surface area (TPSA) is 65.6 Å². The molecular formula is C19H23FN2O3. The summed E-state index contributed by atoms with van der Waals surface area (Å²) in [6.07, 6.45) is 3.56. The van der Waals surface area contributed by atoms with Gasteiger partial charge in [0, 0.05) is 48.6 Å². The first-order valence-corrected chi connectivity index (χ1v) is 8.91. The van der Waals surface area contributed by atoms with Crippen LogP contribution in [0.15, 0.2) is 24.4 Å². The maximum absolute atomic E-state index is 13.5. The summed E-state index contributed by atoms with van der Waals surface area (Å²) in [5.74, 6) is -0.440. The summed E-state index contributed by atoms with van der Waals surface area (Å²) in [5, 5.41) is 10.9. The van der Waals surface area contributed by atoms with Crippen LogP contribution in [-0.4, -0.2) is 52.8 Å². The van der Waals surface area contributed by atoms with Crippen LogP contribution in [0, 0.1) is 11.2 Å². The van der Waals surface area contributed by atoms with Crippen molar-refractivity contribution in [3.05, 3.63) is 35.8 Å². The number of aliphatic hydroxyl groups excluding tert-OH is 1. The number of piperidine rings is 1. The fraction of sp³-hybridized carbons (Fsp3) is 0.526. The molecule has 1 saturated heterocycles. The Balaban J connectivity index is 1.50. The number of carbonyl (C=O) groups excluding carboxylic acids is 1. The Bertz CT molecular complexity index is 793. The predicted octanol–water partition coefficient (Wildman–Crippen LogP) is 2.70. The summed E-state index contributed by atoms with van der Waals surface area (Å²) < 4.78 is 19.3. The molecular weight excluding hydrogens is 323 g/mol. The summed E-state index contributed by atoms with van der Waals surface area (Å²) in [7, 11) is 0. The first-order valence-electron chi connectivity index (χ1n) is 8.91. The quantitative estimate of drug-likeness (QED) is 0.898. The highest BCUT2D eigenvalue weighted by Crippen LogP contribution is 2.51. The van der Waals surface area contributed by atoms with Crippen LogP contribution in [0.5, 0.6) is 0 Å². The highest BCUT2D eigenvalue weighted by molar-refractivity contribution is 6.06. The van der Waals surface area contributed by atoms with Gasteiger partial charge >= 0.3 is 0 Å². The van der Waals surface area contributed by atoms with Crippen LogP contribution in [0.4, 0.5) is 4.39 Å². The lowest BCUT2D eigenvalue weighted by Gasteiger charge is -2.56. The van der Waals surface area contributed by atoms with Gasteiger partial charge in [-0.3, -0.25) is 4.79 Å². The van der Waals surface area contributed by atoms with Crippen LogP contribution in [0.2, 0.25) is 0 Å². The van der Waals surface area contributed by atoms with Gasteiger partial charge in [0.05, 0.1) is 17.8 Å². The summed E-state index contributed by atoms with van der Waals surface area (Å²) in [5.41, 5.74) is 1.05. The average Bonchev–Trinajstić information content (AvgIpc) is 3.04. The highest BCUT2D eigenvalue weighted by Gasteiger charge is 2.56. The maximum atomic E-state index is 13.5. The second-order valence-electron chi connectivity index (χ2n) is 7.11. The van der Waals surface area contributed by atoms with Crippen LogP contribution >= 0.6 is 0 Å². The molecule has 6 heteroatoms. The van der Waals surface area contributed by atoms with Crippen molar-refractivity contribution in [2.75, 3.05) is 19.7 Å². The van der Waals surface area contributed by atoms with Gasteiger partial charge in [0.1, 0.15) is 5.82 Å². The second kappa shape index (κ2) is 6.11. The summed E-state index contributed by atoms with van der Waals surface area (Å²) in [6, 6.07) is 4.42. The Kier molecular flexibility index (Phi) is 4.04. The number of nitrogens with one attached hydrogen (secondary N) is 1. The molecule has 0 radical (unpaired) electrons. The monoisotopic (exact) mass is 346 g/mol. The molecule has 25 heavy (non-hydrogen) atoms. The molecule has 1 saturated carbocycles. The number of aromatic nitrogens is 1. The highest BCUT2D eigenvalue weighted by atomic mass is 19.1. The Labute approximate surface area is 145 Å². The van der Waals surface area contributed by atoms with Gasteiger partial charge < -0.3 is 19.7 Å². The zero-order valence-electron chi connectivity index (χ0n) is 14.3. The van der Waals surface area contributed by atoms with E-state index >= 15 is 0 Å². The Morgan fingerprint density at radius 3 is 2.88 bits per heavy atom. The number of fused-ring (bicyclic) bond motifs is 1. The van der Waals surface area contributed by atoms with Crippen molar-refractivity contribution in [3.63, 3.8) is 0 Å². The van der Waals surface area contributed by atoms with Crippen LogP contribution in [0.1, 0.15) is 36.5 Å². The number of halogens is 1. The summed E-state index contributed by atoms with van der Waals surface area (Å²) in [4.78, 5) is 17.7. The summed E-state index contributed by atoms with van der Waals surface area (Å²) >= 11 is 0. The second-order valence-corrected chi connectivity index (χ2v) is 7.11. The molecule has 1 aliphatic heterocycles. The molecule has 1 aliphatic carbocycles. The normalized spacial score (nSPS) is 25.3. The number of likely N-dealkylation sites (tertiary alicyclic amines) is 1. The van der Waals surface area contributed by atoms with E-state index in [1.807, 2.05) is 6.92 Å². The largest absolute Gasteiger partial charge is 0.392 e. The number of carbonyl (C=O) groups is 1. The molecule has 2 heterocycles. The van der Waals surface area contributed by atoms with Crippen molar-refractivity contribution >= 4 is 16.8 Å². The average molecular weight is 346 g/mol. The molecule has 2 aromatic rings. The third-order valence-electron chi connectivity index (χ3n) is 5.97. The molecule has 134 valence electrons. The number of hydrogen-bond donors (Lipinski definition) is 2. The Hall–Kier alpha value is -1.92. The van der Waals surface area contributed by atoms with E-state index in [0.717, 1.165) is 18.4 Å². The third kappa shape index (κ3) is 2.55. The van der Waals surface area contributed by atoms with Crippen LogP contribution in [0.25, 0.3) is 10.9 Å². The van der Waals surface area contributed by atoms with Gasteiger partial charge in [-0.2, -0.15) is 0 Å². The minimum Gasteiger partial charge on any atom is -0.392 e. The number of nitrogens with zero attached hydrogens (tertiary/aromatic N) is 1. The van der Waals surface area contributed by atoms with Crippen molar-refractivity contribution in [2.24, 2.45) is 5.41 Å². The smallest absolute Gasteiger partial charge is 0.256 e. The van der Waals surface area contributed by atoms with Crippen molar-refractivity contribution in [1.29, 1.82) is 0 Å². The fourth-order valence-electron chi connectivity index (χ4n) is 4.38. The van der Waals surface area contributed by atoms with Crippen molar-refractivity contribution in [2.45, 2.75) is 38.4 Å². The fourth-order valence-corrected chi connectivity index (χ4v) is 4.38. The molecule has 2 fully saturated rings. The van der Waals surface area contributed by atoms with E-state index in [1.54, 1.807) is 17.2 Å². The number of rotatable bonds is 3. The van der Waals surface area contributed by atoms with Gasteiger partial charge in [0.2, 0.25) is 0 Å². The lowest BCUT2D eigenvalue weighted by Crippen LogP contribution is -2.62. The van der Waals surface area contributed by atoms with E-state index < -0.39 is 0 Å². The zero-order valence-corrected chi connectivity index (χ0v) is 14.3. The minimum atomic E-state index is -0.351. The molecule has 1 amide bonds. The van der Waals surface area contributed by atoms with E-state index in [2.05, 4.69) is 4.98 Å². The minimum absolute atomic E-state index is 0.0894. The molecule has 0 unspecified atom stereocenters. The molecule has 1 spiro atoms. The first kappa shape index (κ1) is 16.5. The number of aliphatic hydroxyl groups is 1. The Morgan fingerprint density at radius 1 is 1.44 bits per heavy atom. The van der Waals surface area contributed by atoms with E-state index in [4.69, 9.17) is 4.74 Å². The summed E-state index contributed by atoms with van der Waals surface area (Å²) in [6.45, 7) is 3.78. The zero-order chi connectivity index (χ0) is 17.6. The molecule has 1 aromatic heterocycles. The van der Waals surface area contributed by atoms with Crippen LogP contribution in [-0.2, 0) is 4.74 Å². The van der Waals surface area contributed by atoms with Gasteiger partial charge in [-0.1, -0.05) is 0 Å². The SMILES string of the molecule is CCO[C@@H]1C[C@H](O)C12CCN(C(=O)c1c[nH]c3ccc(F)cc13)CC2. The van der Waals surface area contributed by atoms with Gasteiger partial charge in [0.25, 0.3) is 5.91 Å². The number of aromatic amines is 1. The van der Waals surface area contributed by atoms with E-state index in [1.165, 1.54) is 12.1 Å². The van der Waals surface area contributed by atoms with Crippen molar-refractivity contribution < 1.29 is 19.0 Å². The maximum Gasteiger partial charge on any atom is 0.256 e. The van der Waals surface area contributed by atoms with E-state index in [-0.39, 0.29) is 29.3 Å². The molecule has 0 bridgehead atoms. The van der Waals surface area contributed by atoms with Gasteiger partial charge in [-0.15, -0.1) is 0 Å². The first-order chi connectivity index (χ1) is 12.0. The number of hydrogen-bond acceptors (Lipinski definition) is 3.